The Morgan fingerprint density at radius 1 is 1.18 bits per heavy atom. The van der Waals surface area contributed by atoms with Crippen LogP contribution in [0.4, 0.5) is 5.69 Å². The minimum absolute atomic E-state index is 0.548. The summed E-state index contributed by atoms with van der Waals surface area (Å²) in [5, 5.41) is 17.3. The second kappa shape index (κ2) is 12.2. The standard InChI is InChI=1S/C15H21N3O2S2/c1-2-8-19-10-11-20-9-7-17-15(21)18-13-3-5-14(6-4-13)22-12-16/h3-6H,2,7-11H2,1H3,(H2,17,18,21). The number of hydrogen-bond donors (Lipinski definition) is 2. The van der Waals surface area contributed by atoms with Crippen molar-refractivity contribution in [3.05, 3.63) is 24.3 Å². The molecule has 0 aromatic heterocycles. The summed E-state index contributed by atoms with van der Waals surface area (Å²) in [7, 11) is 0. The Kier molecular flexibility index (Phi) is 10.4. The molecule has 0 radical (unpaired) electrons. The topological polar surface area (TPSA) is 66.3 Å². The van der Waals surface area contributed by atoms with Gasteiger partial charge in [-0.25, -0.2) is 0 Å². The summed E-state index contributed by atoms with van der Waals surface area (Å²) in [4.78, 5) is 0.908. The van der Waals surface area contributed by atoms with Crippen LogP contribution in [-0.2, 0) is 9.47 Å². The second-order valence-electron chi connectivity index (χ2n) is 4.32. The smallest absolute Gasteiger partial charge is 0.170 e. The number of nitriles is 1. The Labute approximate surface area is 141 Å². The SMILES string of the molecule is CCCOCCOCCNC(=S)Nc1ccc(SC#N)cc1. The summed E-state index contributed by atoms with van der Waals surface area (Å²) in [5.41, 5.74) is 0.883. The lowest BCUT2D eigenvalue weighted by molar-refractivity contribution is 0.0501. The summed E-state index contributed by atoms with van der Waals surface area (Å²) in [6.45, 7) is 5.30. The molecule has 5 nitrogen and oxygen atoms in total. The lowest BCUT2D eigenvalue weighted by atomic mass is 10.3. The third kappa shape index (κ3) is 8.85. The number of thioether (sulfide) groups is 1. The largest absolute Gasteiger partial charge is 0.379 e. The lowest BCUT2D eigenvalue weighted by Gasteiger charge is -2.11. The molecule has 0 spiro atoms. The molecule has 0 saturated heterocycles. The van der Waals surface area contributed by atoms with Crippen molar-refractivity contribution in [2.45, 2.75) is 18.2 Å². The summed E-state index contributed by atoms with van der Waals surface area (Å²) >= 11 is 6.33. The van der Waals surface area contributed by atoms with E-state index in [9.17, 15) is 0 Å². The van der Waals surface area contributed by atoms with Crippen LogP contribution in [0.5, 0.6) is 0 Å². The monoisotopic (exact) mass is 339 g/mol. The molecule has 0 heterocycles. The quantitative estimate of drug-likeness (QED) is 0.294. The summed E-state index contributed by atoms with van der Waals surface area (Å²) in [5.74, 6) is 0. The molecule has 7 heteroatoms. The van der Waals surface area contributed by atoms with Gasteiger partial charge in [-0.3, -0.25) is 0 Å². The molecule has 0 aliphatic carbocycles. The van der Waals surface area contributed by atoms with Gasteiger partial charge in [0.15, 0.2) is 5.11 Å². The van der Waals surface area contributed by atoms with Gasteiger partial charge in [-0.2, -0.15) is 5.26 Å². The van der Waals surface area contributed by atoms with Crippen molar-refractivity contribution in [2.75, 3.05) is 38.3 Å². The van der Waals surface area contributed by atoms with Crippen molar-refractivity contribution in [3.63, 3.8) is 0 Å². The van der Waals surface area contributed by atoms with Gasteiger partial charge in [0.25, 0.3) is 0 Å². The molecule has 1 aromatic rings. The third-order valence-electron chi connectivity index (χ3n) is 2.53. The first-order valence-corrected chi connectivity index (χ1v) is 8.35. The van der Waals surface area contributed by atoms with Gasteiger partial charge in [0.1, 0.15) is 5.40 Å². The molecule has 0 unspecified atom stereocenters. The number of nitrogens with zero attached hydrogens (tertiary/aromatic N) is 1. The van der Waals surface area contributed by atoms with Crippen LogP contribution in [0.1, 0.15) is 13.3 Å². The van der Waals surface area contributed by atoms with E-state index in [1.165, 1.54) is 0 Å². The highest BCUT2D eigenvalue weighted by atomic mass is 32.2. The van der Waals surface area contributed by atoms with E-state index in [4.69, 9.17) is 27.0 Å². The molecular formula is C15H21N3O2S2. The van der Waals surface area contributed by atoms with Gasteiger partial charge in [-0.15, -0.1) is 0 Å². The van der Waals surface area contributed by atoms with Crippen molar-refractivity contribution < 1.29 is 9.47 Å². The Balaban J connectivity index is 2.09. The van der Waals surface area contributed by atoms with Gasteiger partial charge < -0.3 is 20.1 Å². The maximum atomic E-state index is 8.58. The predicted molar refractivity (Wildman–Crippen MR) is 94.1 cm³/mol. The van der Waals surface area contributed by atoms with Crippen molar-refractivity contribution in [1.29, 1.82) is 5.26 Å². The molecule has 0 atom stereocenters. The minimum Gasteiger partial charge on any atom is -0.379 e. The number of ether oxygens (including phenoxy) is 2. The maximum Gasteiger partial charge on any atom is 0.170 e. The number of anilines is 1. The molecule has 0 bridgehead atoms. The summed E-state index contributed by atoms with van der Waals surface area (Å²) in [6, 6.07) is 7.51. The van der Waals surface area contributed by atoms with E-state index >= 15 is 0 Å². The number of benzene rings is 1. The zero-order valence-electron chi connectivity index (χ0n) is 12.6. The van der Waals surface area contributed by atoms with Crippen LogP contribution in [0, 0.1) is 10.7 Å². The van der Waals surface area contributed by atoms with Gasteiger partial charge in [-0.05, 0) is 54.7 Å². The molecule has 22 heavy (non-hydrogen) atoms. The number of rotatable bonds is 10. The van der Waals surface area contributed by atoms with Crippen LogP contribution in [0.3, 0.4) is 0 Å². The molecule has 1 aromatic carbocycles. The predicted octanol–water partition coefficient (Wildman–Crippen LogP) is 2.99. The van der Waals surface area contributed by atoms with E-state index < -0.39 is 0 Å². The van der Waals surface area contributed by atoms with Crippen molar-refractivity contribution in [3.8, 4) is 5.40 Å². The average Bonchev–Trinajstić information content (AvgIpc) is 2.52. The fourth-order valence-corrected chi connectivity index (χ4v) is 2.13. The van der Waals surface area contributed by atoms with E-state index in [2.05, 4.69) is 17.6 Å². The van der Waals surface area contributed by atoms with Crippen LogP contribution >= 0.6 is 24.0 Å². The summed E-state index contributed by atoms with van der Waals surface area (Å²) < 4.78 is 10.7. The Morgan fingerprint density at radius 2 is 1.86 bits per heavy atom. The molecule has 0 saturated carbocycles. The maximum absolute atomic E-state index is 8.58. The molecule has 0 fully saturated rings. The van der Waals surface area contributed by atoms with Crippen molar-refractivity contribution in [1.82, 2.24) is 5.32 Å². The van der Waals surface area contributed by atoms with Crippen LogP contribution < -0.4 is 10.6 Å². The first kappa shape index (κ1) is 18.7. The average molecular weight is 339 g/mol. The fourth-order valence-electron chi connectivity index (χ4n) is 1.54. The lowest BCUT2D eigenvalue weighted by Crippen LogP contribution is -2.31. The number of hydrogen-bond acceptors (Lipinski definition) is 5. The molecule has 1 rings (SSSR count). The molecule has 0 aliphatic rings. The van der Waals surface area contributed by atoms with Gasteiger partial charge in [0.05, 0.1) is 19.8 Å². The first-order valence-electron chi connectivity index (χ1n) is 7.12. The first-order chi connectivity index (χ1) is 10.8. The van der Waals surface area contributed by atoms with E-state index in [-0.39, 0.29) is 0 Å². The van der Waals surface area contributed by atoms with Gasteiger partial charge in [-0.1, -0.05) is 6.92 Å². The van der Waals surface area contributed by atoms with Gasteiger partial charge in [0.2, 0.25) is 0 Å². The van der Waals surface area contributed by atoms with E-state index in [1.807, 2.05) is 29.7 Å². The van der Waals surface area contributed by atoms with Crippen LogP contribution in [0.15, 0.2) is 29.2 Å². The zero-order valence-corrected chi connectivity index (χ0v) is 14.3. The molecule has 0 amide bonds. The van der Waals surface area contributed by atoms with Crippen LogP contribution in [-0.4, -0.2) is 38.1 Å². The Hall–Kier alpha value is -1.33. The van der Waals surface area contributed by atoms with E-state index in [1.54, 1.807) is 0 Å². The van der Waals surface area contributed by atoms with Gasteiger partial charge in [0, 0.05) is 23.7 Å². The molecule has 120 valence electrons. The molecule has 2 N–H and O–H groups in total. The highest BCUT2D eigenvalue weighted by Crippen LogP contribution is 2.18. The Morgan fingerprint density at radius 3 is 2.50 bits per heavy atom. The fraction of sp³-hybridized carbons (Fsp3) is 0.467. The summed E-state index contributed by atoms with van der Waals surface area (Å²) in [6.07, 6.45) is 1.03. The van der Waals surface area contributed by atoms with Crippen molar-refractivity contribution in [2.24, 2.45) is 0 Å². The number of nitrogens with one attached hydrogen (secondary N) is 2. The minimum atomic E-state index is 0.548. The molecule has 0 aliphatic heterocycles. The second-order valence-corrected chi connectivity index (χ2v) is 5.59. The number of thiocyanates is 1. The van der Waals surface area contributed by atoms with Crippen LogP contribution in [0.2, 0.25) is 0 Å². The van der Waals surface area contributed by atoms with Crippen molar-refractivity contribution >= 4 is 34.8 Å². The van der Waals surface area contributed by atoms with Crippen LogP contribution in [0.25, 0.3) is 0 Å². The van der Waals surface area contributed by atoms with E-state index in [0.29, 0.717) is 31.5 Å². The van der Waals surface area contributed by atoms with Gasteiger partial charge >= 0.3 is 0 Å². The zero-order chi connectivity index (χ0) is 16.0. The number of thiocarbonyl (C=S) groups is 1. The van der Waals surface area contributed by atoms with E-state index in [0.717, 1.165) is 35.4 Å². The third-order valence-corrected chi connectivity index (χ3v) is 3.37. The normalized spacial score (nSPS) is 10.0. The Bertz CT molecular complexity index is 475. The highest BCUT2D eigenvalue weighted by Gasteiger charge is 1.98. The highest BCUT2D eigenvalue weighted by molar-refractivity contribution is 8.03. The molecular weight excluding hydrogens is 318 g/mol.